The Hall–Kier alpha value is -3.80. The molecule has 0 aliphatic rings. The molecule has 2 aromatic carbocycles. The summed E-state index contributed by atoms with van der Waals surface area (Å²) < 4.78 is 11.3. The number of nitrogens with zero attached hydrogens (tertiary/aromatic N) is 1. The van der Waals surface area contributed by atoms with Crippen molar-refractivity contribution in [2.24, 2.45) is 0 Å². The number of pyridine rings is 1. The molecular weight excluding hydrogens is 390 g/mol. The molecule has 0 saturated carbocycles. The van der Waals surface area contributed by atoms with E-state index in [1.165, 1.54) is 5.56 Å². The van der Waals surface area contributed by atoms with Crippen LogP contribution in [0.2, 0.25) is 0 Å². The lowest BCUT2D eigenvalue weighted by Crippen LogP contribution is -2.15. The first-order chi connectivity index (χ1) is 15.0. The van der Waals surface area contributed by atoms with Crippen molar-refractivity contribution in [1.82, 2.24) is 9.97 Å². The zero-order valence-electron chi connectivity index (χ0n) is 17.9. The fourth-order valence-electron chi connectivity index (χ4n) is 3.60. The predicted molar refractivity (Wildman–Crippen MR) is 122 cm³/mol. The molecule has 0 atom stereocenters. The Kier molecular flexibility index (Phi) is 5.89. The van der Waals surface area contributed by atoms with Gasteiger partial charge in [0.15, 0.2) is 11.5 Å². The second-order valence-corrected chi connectivity index (χ2v) is 7.52. The van der Waals surface area contributed by atoms with Crippen LogP contribution in [0.3, 0.4) is 0 Å². The summed E-state index contributed by atoms with van der Waals surface area (Å²) in [5, 5.41) is 4.06. The molecule has 31 heavy (non-hydrogen) atoms. The molecule has 0 aliphatic heterocycles. The average molecular weight is 415 g/mol. The van der Waals surface area contributed by atoms with Gasteiger partial charge in [-0.2, -0.15) is 0 Å². The first-order valence-corrected chi connectivity index (χ1v) is 10.1. The standard InChI is InChI=1S/C25H25N3O3/c1-16-6-8-22-21(11-16)20(17(2)27-22)13-25(29)28-19-7-9-23(30-3)24(12-19)31-15-18-5-4-10-26-14-18/h4-12,14,27H,13,15H2,1-3H3,(H,28,29). The predicted octanol–water partition coefficient (Wildman–Crippen LogP) is 4.95. The zero-order chi connectivity index (χ0) is 21.8. The Balaban J connectivity index is 1.49. The van der Waals surface area contributed by atoms with E-state index in [9.17, 15) is 4.79 Å². The normalized spacial score (nSPS) is 10.8. The first kappa shape index (κ1) is 20.5. The van der Waals surface area contributed by atoms with Gasteiger partial charge in [-0.25, -0.2) is 0 Å². The minimum atomic E-state index is -0.0890. The number of hydrogen-bond donors (Lipinski definition) is 2. The number of nitrogens with one attached hydrogen (secondary N) is 2. The van der Waals surface area contributed by atoms with Crippen LogP contribution in [0.5, 0.6) is 11.5 Å². The maximum absolute atomic E-state index is 12.8. The van der Waals surface area contributed by atoms with Crippen molar-refractivity contribution in [1.29, 1.82) is 0 Å². The van der Waals surface area contributed by atoms with Crippen molar-refractivity contribution in [3.8, 4) is 11.5 Å². The molecule has 0 unspecified atom stereocenters. The fraction of sp³-hybridized carbons (Fsp3) is 0.200. The van der Waals surface area contributed by atoms with Gasteiger partial charge in [0.2, 0.25) is 5.91 Å². The van der Waals surface area contributed by atoms with Crippen LogP contribution in [-0.4, -0.2) is 23.0 Å². The van der Waals surface area contributed by atoms with Gasteiger partial charge in [-0.15, -0.1) is 0 Å². The number of rotatable bonds is 7. The molecule has 2 heterocycles. The van der Waals surface area contributed by atoms with Gasteiger partial charge in [-0.3, -0.25) is 9.78 Å². The topological polar surface area (TPSA) is 76.2 Å². The molecule has 2 aromatic heterocycles. The maximum atomic E-state index is 12.8. The van der Waals surface area contributed by atoms with Gasteiger partial charge < -0.3 is 19.8 Å². The van der Waals surface area contributed by atoms with E-state index in [0.717, 1.165) is 27.7 Å². The molecule has 6 nitrogen and oxygen atoms in total. The third-order valence-corrected chi connectivity index (χ3v) is 5.18. The molecule has 0 fully saturated rings. The second kappa shape index (κ2) is 8.92. The Morgan fingerprint density at radius 2 is 1.97 bits per heavy atom. The number of amides is 1. The Labute approximate surface area is 181 Å². The van der Waals surface area contributed by atoms with Crippen LogP contribution < -0.4 is 14.8 Å². The number of ether oxygens (including phenoxy) is 2. The Bertz CT molecular complexity index is 1220. The molecule has 1 amide bonds. The van der Waals surface area contributed by atoms with Crippen molar-refractivity contribution in [2.75, 3.05) is 12.4 Å². The number of carbonyl (C=O) groups is 1. The summed E-state index contributed by atoms with van der Waals surface area (Å²) >= 11 is 0. The third-order valence-electron chi connectivity index (χ3n) is 5.18. The lowest BCUT2D eigenvalue weighted by Gasteiger charge is -2.13. The molecule has 158 valence electrons. The molecule has 0 radical (unpaired) electrons. The Morgan fingerprint density at radius 3 is 2.74 bits per heavy atom. The summed E-state index contributed by atoms with van der Waals surface area (Å²) in [4.78, 5) is 20.3. The van der Waals surface area contributed by atoms with Gasteiger partial charge in [-0.05, 0) is 49.7 Å². The number of anilines is 1. The Morgan fingerprint density at radius 1 is 1.10 bits per heavy atom. The molecule has 4 rings (SSSR count). The third kappa shape index (κ3) is 4.69. The first-order valence-electron chi connectivity index (χ1n) is 10.1. The molecule has 2 N–H and O–H groups in total. The molecule has 4 aromatic rings. The molecule has 6 heteroatoms. The number of benzene rings is 2. The summed E-state index contributed by atoms with van der Waals surface area (Å²) in [5.74, 6) is 1.07. The second-order valence-electron chi connectivity index (χ2n) is 7.52. The fourth-order valence-corrected chi connectivity index (χ4v) is 3.60. The largest absolute Gasteiger partial charge is 0.493 e. The van der Waals surface area contributed by atoms with Crippen LogP contribution in [0, 0.1) is 13.8 Å². The minimum Gasteiger partial charge on any atom is -0.493 e. The number of methoxy groups -OCH3 is 1. The number of hydrogen-bond acceptors (Lipinski definition) is 4. The van der Waals surface area contributed by atoms with E-state index in [2.05, 4.69) is 40.4 Å². The van der Waals surface area contributed by atoms with Crippen LogP contribution >= 0.6 is 0 Å². The van der Waals surface area contributed by atoms with Crippen molar-refractivity contribution >= 4 is 22.5 Å². The van der Waals surface area contributed by atoms with E-state index < -0.39 is 0 Å². The van der Waals surface area contributed by atoms with Crippen LogP contribution in [0.4, 0.5) is 5.69 Å². The van der Waals surface area contributed by atoms with Gasteiger partial charge in [-0.1, -0.05) is 17.7 Å². The molecular formula is C25H25N3O3. The number of H-pyrrole nitrogens is 1. The van der Waals surface area contributed by atoms with Crippen molar-refractivity contribution in [2.45, 2.75) is 26.9 Å². The van der Waals surface area contributed by atoms with Crippen molar-refractivity contribution in [3.05, 3.63) is 83.3 Å². The molecule has 0 saturated heterocycles. The minimum absolute atomic E-state index is 0.0890. The van der Waals surface area contributed by atoms with Crippen molar-refractivity contribution < 1.29 is 14.3 Å². The van der Waals surface area contributed by atoms with E-state index in [1.54, 1.807) is 37.7 Å². The van der Waals surface area contributed by atoms with E-state index in [-0.39, 0.29) is 12.3 Å². The van der Waals surface area contributed by atoms with Crippen LogP contribution in [0.25, 0.3) is 10.9 Å². The zero-order valence-corrected chi connectivity index (χ0v) is 17.9. The quantitative estimate of drug-likeness (QED) is 0.448. The van der Waals surface area contributed by atoms with E-state index in [4.69, 9.17) is 9.47 Å². The van der Waals surface area contributed by atoms with Crippen LogP contribution in [-0.2, 0) is 17.8 Å². The summed E-state index contributed by atoms with van der Waals surface area (Å²) in [5.41, 5.74) is 5.83. The summed E-state index contributed by atoms with van der Waals surface area (Å²) in [6.07, 6.45) is 3.76. The van der Waals surface area contributed by atoms with Crippen molar-refractivity contribution in [3.63, 3.8) is 0 Å². The SMILES string of the molecule is COc1ccc(NC(=O)Cc2c(C)[nH]c3ccc(C)cc23)cc1OCc1cccnc1. The van der Waals surface area contributed by atoms with Gasteiger partial charge >= 0.3 is 0 Å². The number of carbonyl (C=O) groups excluding carboxylic acids is 1. The van der Waals surface area contributed by atoms with E-state index in [1.807, 2.05) is 19.1 Å². The summed E-state index contributed by atoms with van der Waals surface area (Å²) in [7, 11) is 1.59. The van der Waals surface area contributed by atoms with Gasteiger partial charge in [0.25, 0.3) is 0 Å². The molecule has 0 aliphatic carbocycles. The van der Waals surface area contributed by atoms with Gasteiger partial charge in [0, 0.05) is 46.3 Å². The highest BCUT2D eigenvalue weighted by Gasteiger charge is 2.14. The van der Waals surface area contributed by atoms with Crippen LogP contribution in [0.1, 0.15) is 22.4 Å². The average Bonchev–Trinajstić information content (AvgIpc) is 3.07. The number of aromatic amines is 1. The van der Waals surface area contributed by atoms with E-state index >= 15 is 0 Å². The number of aromatic nitrogens is 2. The lowest BCUT2D eigenvalue weighted by molar-refractivity contribution is -0.115. The molecule has 0 bridgehead atoms. The smallest absolute Gasteiger partial charge is 0.228 e. The monoisotopic (exact) mass is 415 g/mol. The summed E-state index contributed by atoms with van der Waals surface area (Å²) in [6, 6.07) is 15.4. The highest BCUT2D eigenvalue weighted by atomic mass is 16.5. The maximum Gasteiger partial charge on any atom is 0.228 e. The van der Waals surface area contributed by atoms with E-state index in [0.29, 0.717) is 23.8 Å². The summed E-state index contributed by atoms with van der Waals surface area (Å²) in [6.45, 7) is 4.40. The van der Waals surface area contributed by atoms with Gasteiger partial charge in [0.05, 0.1) is 13.5 Å². The van der Waals surface area contributed by atoms with Crippen LogP contribution in [0.15, 0.2) is 60.9 Å². The van der Waals surface area contributed by atoms with Gasteiger partial charge in [0.1, 0.15) is 6.61 Å². The molecule has 0 spiro atoms. The lowest BCUT2D eigenvalue weighted by atomic mass is 10.1. The highest BCUT2D eigenvalue weighted by Crippen LogP contribution is 2.31. The number of aryl methyl sites for hydroxylation is 2. The number of fused-ring (bicyclic) bond motifs is 1. The highest BCUT2D eigenvalue weighted by molar-refractivity contribution is 5.96.